The lowest BCUT2D eigenvalue weighted by Gasteiger charge is -2.35. The average molecular weight is 547 g/mol. The van der Waals surface area contributed by atoms with E-state index in [0.717, 1.165) is 21.7 Å². The Bertz CT molecular complexity index is 1160. The predicted molar refractivity (Wildman–Crippen MR) is 140 cm³/mol. The lowest BCUT2D eigenvalue weighted by atomic mass is 9.85. The number of hydrogen-bond donors (Lipinski definition) is 4. The van der Waals surface area contributed by atoms with E-state index in [-0.39, 0.29) is 19.5 Å². The van der Waals surface area contributed by atoms with E-state index in [4.69, 9.17) is 9.84 Å². The summed E-state index contributed by atoms with van der Waals surface area (Å²) < 4.78 is 4.82. The van der Waals surface area contributed by atoms with Gasteiger partial charge in [0.1, 0.15) is 25.3 Å². The van der Waals surface area contributed by atoms with Crippen LogP contribution in [-0.4, -0.2) is 81.7 Å². The Hall–Kier alpha value is -3.35. The quantitative estimate of drug-likeness (QED) is 0.347. The first-order chi connectivity index (χ1) is 17.9. The van der Waals surface area contributed by atoms with Gasteiger partial charge in [0.25, 0.3) is 0 Å². The molecule has 1 aliphatic heterocycles. The highest BCUT2D eigenvalue weighted by Crippen LogP contribution is 2.28. The minimum absolute atomic E-state index is 0.0439. The maximum atomic E-state index is 13.5. The fraction of sp³-hybridized carbons (Fsp3) is 0.500. The van der Waals surface area contributed by atoms with Gasteiger partial charge in [0.05, 0.1) is 22.2 Å². The summed E-state index contributed by atoms with van der Waals surface area (Å²) in [5, 5.41) is 24.4. The molecule has 0 saturated carbocycles. The monoisotopic (exact) mass is 546 g/mol. The highest BCUT2D eigenvalue weighted by Gasteiger charge is 2.44. The van der Waals surface area contributed by atoms with E-state index < -0.39 is 60.5 Å². The van der Waals surface area contributed by atoms with Gasteiger partial charge in [-0.2, -0.15) is 0 Å². The van der Waals surface area contributed by atoms with Gasteiger partial charge in [-0.3, -0.25) is 14.4 Å². The van der Waals surface area contributed by atoms with E-state index in [1.54, 1.807) is 37.6 Å². The van der Waals surface area contributed by atoms with Gasteiger partial charge in [-0.25, -0.2) is 9.78 Å². The molecule has 1 aromatic carbocycles. The normalized spacial score (nSPS) is 18.2. The summed E-state index contributed by atoms with van der Waals surface area (Å²) in [6, 6.07) is 5.84. The van der Waals surface area contributed by atoms with E-state index in [1.807, 2.05) is 31.2 Å². The molecule has 3 rings (SSSR count). The number of β-amino-alcohol motifs (C(OH)–C–C–N with tert-alkyl or cyclic N) is 1. The second-order valence-electron chi connectivity index (χ2n) is 10.3. The minimum atomic E-state index is -1.22. The third kappa shape index (κ3) is 7.59. The van der Waals surface area contributed by atoms with Crippen LogP contribution in [0.1, 0.15) is 38.4 Å². The van der Waals surface area contributed by atoms with Crippen LogP contribution >= 0.6 is 11.3 Å². The lowest BCUT2D eigenvalue weighted by molar-refractivity contribution is -0.146. The molecule has 0 aliphatic carbocycles. The van der Waals surface area contributed by atoms with Crippen LogP contribution < -0.4 is 10.6 Å². The van der Waals surface area contributed by atoms with Crippen molar-refractivity contribution in [2.24, 2.45) is 5.41 Å². The average Bonchev–Trinajstić information content (AvgIpc) is 3.45. The number of aliphatic carboxylic acids is 1. The van der Waals surface area contributed by atoms with Crippen molar-refractivity contribution < 1.29 is 34.1 Å². The summed E-state index contributed by atoms with van der Waals surface area (Å²) >= 11 is 1.56. The summed E-state index contributed by atoms with van der Waals surface area (Å²) in [4.78, 5) is 56.2. The molecule has 38 heavy (non-hydrogen) atoms. The third-order valence-electron chi connectivity index (χ3n) is 6.17. The van der Waals surface area contributed by atoms with E-state index in [1.165, 1.54) is 4.90 Å². The van der Waals surface area contributed by atoms with Gasteiger partial charge in [0.15, 0.2) is 0 Å². The third-order valence-corrected chi connectivity index (χ3v) is 7.15. The second-order valence-corrected chi connectivity index (χ2v) is 11.2. The molecule has 2 heterocycles. The molecule has 1 fully saturated rings. The number of carbonyl (C=O) groups excluding carboxylic acids is 3. The predicted octanol–water partition coefficient (Wildman–Crippen LogP) is 1.33. The number of carboxylic acids is 1. The fourth-order valence-corrected chi connectivity index (χ4v) is 5.03. The first kappa shape index (κ1) is 29.2. The van der Waals surface area contributed by atoms with Gasteiger partial charge in [0, 0.05) is 19.5 Å². The standard InChI is InChI=1S/C26H34N4O7S/c1-15-22(38-14-28-15)17-7-5-16(6-8-17)10-27-24(35)19-9-18(31)11-30(19)25(36)23(26(2,3)4)29-20(32)12-37-13-21(33)34/h5-8,14,18-19,23,31H,9-13H2,1-4H3,(H,27,35)(H,29,32)(H,33,34)/t18-,19+,23-/m1/s1. The summed E-state index contributed by atoms with van der Waals surface area (Å²) in [6.45, 7) is 6.25. The number of thiazole rings is 1. The molecule has 0 unspecified atom stereocenters. The van der Waals surface area contributed by atoms with Gasteiger partial charge in [-0.05, 0) is 23.5 Å². The topological polar surface area (TPSA) is 158 Å². The first-order valence-corrected chi connectivity index (χ1v) is 13.1. The van der Waals surface area contributed by atoms with Crippen LogP contribution in [0, 0.1) is 12.3 Å². The van der Waals surface area contributed by atoms with Crippen molar-refractivity contribution in [1.82, 2.24) is 20.5 Å². The number of amides is 3. The SMILES string of the molecule is Cc1ncsc1-c1ccc(CNC(=O)[C@@H]2C[C@@H](O)CN2C(=O)[C@@H](NC(=O)COCC(=O)O)C(C)(C)C)cc1. The van der Waals surface area contributed by atoms with E-state index in [0.29, 0.717) is 0 Å². The van der Waals surface area contributed by atoms with Gasteiger partial charge >= 0.3 is 5.97 Å². The number of aromatic nitrogens is 1. The number of aliphatic hydroxyl groups excluding tert-OH is 1. The van der Waals surface area contributed by atoms with E-state index in [9.17, 15) is 24.3 Å². The number of aliphatic hydroxyl groups is 1. The van der Waals surface area contributed by atoms with Crippen molar-refractivity contribution in [2.75, 3.05) is 19.8 Å². The molecule has 1 saturated heterocycles. The number of nitrogens with zero attached hydrogens (tertiary/aromatic N) is 2. The number of carbonyl (C=O) groups is 4. The van der Waals surface area contributed by atoms with E-state index in [2.05, 4.69) is 15.6 Å². The number of benzene rings is 1. The number of ether oxygens (including phenoxy) is 1. The second kappa shape index (κ2) is 12.5. The molecule has 11 nitrogen and oxygen atoms in total. The van der Waals surface area contributed by atoms with Crippen LogP contribution in [0.2, 0.25) is 0 Å². The Morgan fingerprint density at radius 3 is 2.45 bits per heavy atom. The summed E-state index contributed by atoms with van der Waals surface area (Å²) in [6.07, 6.45) is -0.805. The Labute approximate surface area is 225 Å². The zero-order valence-electron chi connectivity index (χ0n) is 21.9. The Morgan fingerprint density at radius 2 is 1.87 bits per heavy atom. The maximum absolute atomic E-state index is 13.5. The van der Waals surface area contributed by atoms with Crippen molar-refractivity contribution in [3.05, 3.63) is 41.0 Å². The lowest BCUT2D eigenvalue weighted by Crippen LogP contribution is -2.58. The molecule has 3 atom stereocenters. The molecule has 1 aliphatic rings. The van der Waals surface area contributed by atoms with Crippen molar-refractivity contribution in [1.29, 1.82) is 0 Å². The molecule has 4 N–H and O–H groups in total. The molecule has 2 aromatic rings. The molecule has 1 aromatic heterocycles. The van der Waals surface area contributed by atoms with Crippen LogP contribution in [-0.2, 0) is 30.5 Å². The van der Waals surface area contributed by atoms with Crippen molar-refractivity contribution >= 4 is 35.0 Å². The maximum Gasteiger partial charge on any atom is 0.329 e. The molecule has 12 heteroatoms. The summed E-state index contributed by atoms with van der Waals surface area (Å²) in [5.74, 6) is -2.78. The van der Waals surface area contributed by atoms with Crippen molar-refractivity contribution in [3.63, 3.8) is 0 Å². The number of hydrogen-bond acceptors (Lipinski definition) is 8. The first-order valence-electron chi connectivity index (χ1n) is 12.2. The van der Waals surface area contributed by atoms with Crippen LogP contribution in [0.25, 0.3) is 10.4 Å². The summed E-state index contributed by atoms with van der Waals surface area (Å²) in [5.41, 5.74) is 3.94. The molecule has 206 valence electrons. The summed E-state index contributed by atoms with van der Waals surface area (Å²) in [7, 11) is 0. The zero-order chi connectivity index (χ0) is 28.0. The highest BCUT2D eigenvalue weighted by atomic mass is 32.1. The van der Waals surface area contributed by atoms with E-state index >= 15 is 0 Å². The Balaban J connectivity index is 1.64. The Morgan fingerprint density at radius 1 is 1.18 bits per heavy atom. The molecule has 0 bridgehead atoms. The van der Waals surface area contributed by atoms with Gasteiger partial charge in [-0.1, -0.05) is 45.0 Å². The number of likely N-dealkylation sites (tertiary alicyclic amines) is 1. The number of aryl methyl sites for hydroxylation is 1. The number of carboxylic acid groups (broad SMARTS) is 1. The molecular formula is C26H34N4O7S. The van der Waals surface area contributed by atoms with Gasteiger partial charge < -0.3 is 30.5 Å². The van der Waals surface area contributed by atoms with Crippen molar-refractivity contribution in [3.8, 4) is 10.4 Å². The van der Waals surface area contributed by atoms with Gasteiger partial charge in [0.2, 0.25) is 17.7 Å². The minimum Gasteiger partial charge on any atom is -0.480 e. The van der Waals surface area contributed by atoms with Crippen LogP contribution in [0.15, 0.2) is 29.8 Å². The highest BCUT2D eigenvalue weighted by molar-refractivity contribution is 7.13. The van der Waals surface area contributed by atoms with Crippen LogP contribution in [0.4, 0.5) is 0 Å². The molecule has 0 radical (unpaired) electrons. The number of rotatable bonds is 10. The molecular weight excluding hydrogens is 512 g/mol. The molecule has 3 amide bonds. The smallest absolute Gasteiger partial charge is 0.329 e. The largest absolute Gasteiger partial charge is 0.480 e. The van der Waals surface area contributed by atoms with Crippen LogP contribution in [0.5, 0.6) is 0 Å². The van der Waals surface area contributed by atoms with Gasteiger partial charge in [-0.15, -0.1) is 11.3 Å². The fourth-order valence-electron chi connectivity index (χ4n) is 4.21. The van der Waals surface area contributed by atoms with Crippen LogP contribution in [0.3, 0.4) is 0 Å². The van der Waals surface area contributed by atoms with Crippen molar-refractivity contribution in [2.45, 2.75) is 58.8 Å². The Kier molecular flexibility index (Phi) is 9.58. The number of nitrogens with one attached hydrogen (secondary N) is 2. The zero-order valence-corrected chi connectivity index (χ0v) is 22.7. The molecule has 0 spiro atoms.